The molecule has 3 rings (SSSR count). The van der Waals surface area contributed by atoms with Crippen molar-refractivity contribution in [2.45, 2.75) is 12.7 Å². The van der Waals surface area contributed by atoms with E-state index in [2.05, 4.69) is 26.2 Å². The number of halogens is 4. The first-order chi connectivity index (χ1) is 12.3. The van der Waals surface area contributed by atoms with Crippen molar-refractivity contribution >= 4 is 22.8 Å². The molecule has 1 aromatic heterocycles. The molecule has 26 heavy (non-hydrogen) atoms. The van der Waals surface area contributed by atoms with E-state index in [0.29, 0.717) is 17.8 Å². The second-order valence-corrected chi connectivity index (χ2v) is 6.31. The van der Waals surface area contributed by atoms with E-state index >= 15 is 0 Å². The van der Waals surface area contributed by atoms with Crippen LogP contribution in [0.25, 0.3) is 0 Å². The number of alkyl halides is 3. The number of benzene rings is 1. The zero-order chi connectivity index (χ0) is 18.7. The summed E-state index contributed by atoms with van der Waals surface area (Å²) in [5.74, 6) is -1.09. The summed E-state index contributed by atoms with van der Waals surface area (Å²) in [6, 6.07) is 2.66. The van der Waals surface area contributed by atoms with Crippen molar-refractivity contribution in [3.63, 3.8) is 0 Å². The summed E-state index contributed by atoms with van der Waals surface area (Å²) in [7, 11) is 0. The van der Waals surface area contributed by atoms with Gasteiger partial charge in [0.1, 0.15) is 5.82 Å². The lowest BCUT2D eigenvalue weighted by molar-refractivity contribution is -0.140. The predicted octanol–water partition coefficient (Wildman–Crippen LogP) is 1.82. The molecule has 12 heteroatoms. The molecule has 2 N–H and O–H groups in total. The fourth-order valence-electron chi connectivity index (χ4n) is 2.14. The number of amides is 1. The molecule has 1 aromatic carbocycles. The number of rotatable bonds is 3. The number of thioether (sulfide) groups is 1. The summed E-state index contributed by atoms with van der Waals surface area (Å²) >= 11 is 1.45. The van der Waals surface area contributed by atoms with Crippen LogP contribution in [0.4, 0.5) is 17.6 Å². The van der Waals surface area contributed by atoms with E-state index in [4.69, 9.17) is 0 Å². The Bertz CT molecular complexity index is 850. The summed E-state index contributed by atoms with van der Waals surface area (Å²) in [4.78, 5) is 16.0. The molecule has 0 unspecified atom stereocenters. The largest absolute Gasteiger partial charge is 0.419 e. The van der Waals surface area contributed by atoms with Crippen molar-refractivity contribution in [2.75, 3.05) is 12.3 Å². The average Bonchev–Trinajstić information content (AvgIpc) is 3.25. The Morgan fingerprint density at radius 3 is 2.85 bits per heavy atom. The molecule has 0 saturated carbocycles. The lowest BCUT2D eigenvalue weighted by Crippen LogP contribution is -2.40. The van der Waals surface area contributed by atoms with Gasteiger partial charge >= 0.3 is 6.18 Å². The summed E-state index contributed by atoms with van der Waals surface area (Å²) in [5.41, 5.74) is 3.83. The minimum atomic E-state index is -4.79. The lowest BCUT2D eigenvalue weighted by atomic mass is 10.1. The minimum absolute atomic E-state index is 0.0285. The summed E-state index contributed by atoms with van der Waals surface area (Å²) in [5, 5.41) is 7.94. The van der Waals surface area contributed by atoms with Gasteiger partial charge in [0.15, 0.2) is 10.9 Å². The predicted molar refractivity (Wildman–Crippen MR) is 85.9 cm³/mol. The molecule has 0 radical (unpaired) electrons. The van der Waals surface area contributed by atoms with Crippen molar-refractivity contribution in [1.29, 1.82) is 0 Å². The zero-order valence-corrected chi connectivity index (χ0v) is 13.9. The van der Waals surface area contributed by atoms with Gasteiger partial charge in [0.2, 0.25) is 0 Å². The van der Waals surface area contributed by atoms with Crippen LogP contribution >= 0.6 is 11.8 Å². The number of amidine groups is 1. The third-order valence-corrected chi connectivity index (χ3v) is 4.21. The summed E-state index contributed by atoms with van der Waals surface area (Å²) in [6.45, 7) is 0.566. The fraction of sp³-hybridized carbons (Fsp3) is 0.286. The molecule has 0 bridgehead atoms. The number of hydrogen-bond acceptors (Lipinski definition) is 6. The first-order valence-corrected chi connectivity index (χ1v) is 8.31. The van der Waals surface area contributed by atoms with E-state index < -0.39 is 23.5 Å². The van der Waals surface area contributed by atoms with Crippen molar-refractivity contribution < 1.29 is 22.4 Å². The molecule has 1 aliphatic rings. The number of carbonyl (C=O) groups excluding carboxylic acids is 1. The number of hydrazine groups is 1. The number of carbonyl (C=O) groups is 1. The Labute approximate surface area is 148 Å². The first kappa shape index (κ1) is 18.2. The van der Waals surface area contributed by atoms with Gasteiger partial charge in [0.25, 0.3) is 5.91 Å². The van der Waals surface area contributed by atoms with Gasteiger partial charge in [-0.25, -0.2) is 9.07 Å². The third-order valence-electron chi connectivity index (χ3n) is 3.32. The molecule has 0 spiro atoms. The number of hydrogen-bond donors (Lipinski definition) is 2. The first-order valence-electron chi connectivity index (χ1n) is 7.32. The van der Waals surface area contributed by atoms with Crippen LogP contribution in [0.3, 0.4) is 0 Å². The highest BCUT2D eigenvalue weighted by molar-refractivity contribution is 8.14. The molecule has 1 amide bonds. The number of nitrogens with one attached hydrogen (secondary N) is 2. The molecule has 0 fully saturated rings. The number of aromatic nitrogens is 3. The quantitative estimate of drug-likeness (QED) is 0.619. The van der Waals surface area contributed by atoms with Crippen LogP contribution in [0.15, 0.2) is 29.4 Å². The Morgan fingerprint density at radius 1 is 1.35 bits per heavy atom. The van der Waals surface area contributed by atoms with Crippen LogP contribution in [0.1, 0.15) is 21.6 Å². The maximum atomic E-state index is 13.3. The van der Waals surface area contributed by atoms with Crippen LogP contribution < -0.4 is 10.9 Å². The normalized spacial score (nSPS) is 14.2. The van der Waals surface area contributed by atoms with Gasteiger partial charge in [0, 0.05) is 5.75 Å². The van der Waals surface area contributed by atoms with Crippen molar-refractivity contribution in [3.05, 3.63) is 47.0 Å². The van der Waals surface area contributed by atoms with E-state index in [-0.39, 0.29) is 17.8 Å². The van der Waals surface area contributed by atoms with Crippen molar-refractivity contribution in [3.8, 4) is 0 Å². The van der Waals surface area contributed by atoms with E-state index in [9.17, 15) is 22.4 Å². The van der Waals surface area contributed by atoms with Gasteiger partial charge in [-0.05, 0) is 17.7 Å². The highest BCUT2D eigenvalue weighted by Crippen LogP contribution is 2.32. The fourth-order valence-corrected chi connectivity index (χ4v) is 2.82. The van der Waals surface area contributed by atoms with Gasteiger partial charge in [-0.3, -0.25) is 20.6 Å². The van der Waals surface area contributed by atoms with Gasteiger partial charge in [-0.2, -0.15) is 13.2 Å². The van der Waals surface area contributed by atoms with Crippen LogP contribution in [0.2, 0.25) is 0 Å². The molecule has 7 nitrogen and oxygen atoms in total. The Kier molecular flexibility index (Phi) is 5.11. The van der Waals surface area contributed by atoms with Gasteiger partial charge in [-0.1, -0.05) is 23.0 Å². The van der Waals surface area contributed by atoms with Crippen LogP contribution in [0.5, 0.6) is 0 Å². The molecule has 0 saturated heterocycles. The maximum Gasteiger partial charge on any atom is 0.419 e. The zero-order valence-electron chi connectivity index (χ0n) is 13.0. The maximum absolute atomic E-state index is 13.3. The Hall–Kier alpha value is -2.63. The summed E-state index contributed by atoms with van der Waals surface area (Å²) < 4.78 is 52.7. The minimum Gasteiger partial charge on any atom is -0.276 e. The summed E-state index contributed by atoms with van der Waals surface area (Å²) in [6.07, 6.45) is -3.52. The molecule has 0 atom stereocenters. The van der Waals surface area contributed by atoms with Crippen LogP contribution in [-0.2, 0) is 12.7 Å². The molecule has 1 aliphatic heterocycles. The third kappa shape index (κ3) is 4.31. The monoisotopic (exact) mass is 388 g/mol. The van der Waals surface area contributed by atoms with Crippen molar-refractivity contribution in [2.24, 2.45) is 4.99 Å². The Morgan fingerprint density at radius 2 is 2.15 bits per heavy atom. The highest BCUT2D eigenvalue weighted by Gasteiger charge is 2.34. The van der Waals surface area contributed by atoms with Crippen LogP contribution in [-0.4, -0.2) is 38.4 Å². The second-order valence-electron chi connectivity index (χ2n) is 5.23. The Balaban J connectivity index is 1.65. The van der Waals surface area contributed by atoms with Gasteiger partial charge in [-0.15, -0.1) is 5.10 Å². The van der Waals surface area contributed by atoms with Gasteiger partial charge in [0.05, 0.1) is 24.8 Å². The van der Waals surface area contributed by atoms with Crippen molar-refractivity contribution in [1.82, 2.24) is 25.8 Å². The molecule has 138 valence electrons. The lowest BCUT2D eigenvalue weighted by Gasteiger charge is -2.10. The van der Waals surface area contributed by atoms with Gasteiger partial charge < -0.3 is 0 Å². The molecular formula is C14H12F4N6OS. The SMILES string of the molecule is O=C(NNC1=NCCS1)c1cn(Cc2ccc(F)c(C(F)(F)F)c2)nn1. The van der Waals surface area contributed by atoms with E-state index in [1.54, 1.807) is 0 Å². The average molecular weight is 388 g/mol. The van der Waals surface area contributed by atoms with E-state index in [1.165, 1.54) is 28.7 Å². The highest BCUT2D eigenvalue weighted by atomic mass is 32.2. The van der Waals surface area contributed by atoms with E-state index in [0.717, 1.165) is 11.8 Å². The number of aliphatic imine (C=N–C) groups is 1. The van der Waals surface area contributed by atoms with E-state index in [1.807, 2.05) is 0 Å². The molecular weight excluding hydrogens is 376 g/mol. The molecule has 0 aliphatic carbocycles. The smallest absolute Gasteiger partial charge is 0.276 e. The molecule has 2 heterocycles. The topological polar surface area (TPSA) is 84.2 Å². The molecule has 2 aromatic rings. The second kappa shape index (κ2) is 7.32. The van der Waals surface area contributed by atoms with Crippen LogP contribution in [0, 0.1) is 5.82 Å². The number of nitrogens with zero attached hydrogens (tertiary/aromatic N) is 4. The standard InChI is InChI=1S/C14H12F4N6OS/c15-10-2-1-8(5-9(10)14(16,17)18)6-24-7-11(20-23-24)12(25)21-22-13-19-3-4-26-13/h1-2,5,7H,3-4,6H2,(H,19,22)(H,21,25).